The van der Waals surface area contributed by atoms with Crippen molar-refractivity contribution in [3.8, 4) is 17.3 Å². The summed E-state index contributed by atoms with van der Waals surface area (Å²) in [5.41, 5.74) is 6.50. The van der Waals surface area contributed by atoms with Crippen molar-refractivity contribution in [3.05, 3.63) is 48.2 Å². The van der Waals surface area contributed by atoms with Gasteiger partial charge in [0.25, 0.3) is 5.78 Å². The molecular formula is C20H23N7O3. The van der Waals surface area contributed by atoms with Crippen LogP contribution in [0.2, 0.25) is 0 Å². The van der Waals surface area contributed by atoms with Gasteiger partial charge in [0.1, 0.15) is 11.4 Å². The van der Waals surface area contributed by atoms with Gasteiger partial charge in [0.15, 0.2) is 5.76 Å². The third-order valence-corrected chi connectivity index (χ3v) is 4.37. The van der Waals surface area contributed by atoms with E-state index in [1.54, 1.807) is 18.4 Å². The summed E-state index contributed by atoms with van der Waals surface area (Å²) in [4.78, 5) is 12.9. The van der Waals surface area contributed by atoms with Crippen molar-refractivity contribution < 1.29 is 14.3 Å². The van der Waals surface area contributed by atoms with Gasteiger partial charge in [-0.1, -0.05) is 12.1 Å². The van der Waals surface area contributed by atoms with Crippen LogP contribution in [0.25, 0.3) is 17.4 Å². The molecule has 4 rings (SSSR count). The highest BCUT2D eigenvalue weighted by atomic mass is 16.5. The van der Waals surface area contributed by atoms with E-state index in [1.807, 2.05) is 38.1 Å². The van der Waals surface area contributed by atoms with Crippen molar-refractivity contribution in [2.45, 2.75) is 25.9 Å². The van der Waals surface area contributed by atoms with Crippen LogP contribution in [0, 0.1) is 0 Å². The zero-order chi connectivity index (χ0) is 21.1. The maximum atomic E-state index is 9.30. The summed E-state index contributed by atoms with van der Waals surface area (Å²) in [7, 11) is 0. The minimum Gasteiger partial charge on any atom is -0.485 e. The summed E-state index contributed by atoms with van der Waals surface area (Å²) in [6.07, 6.45) is 2.30. The number of ether oxygens (including phenoxy) is 1. The molecule has 0 aliphatic heterocycles. The largest absolute Gasteiger partial charge is 0.485 e. The van der Waals surface area contributed by atoms with Gasteiger partial charge in [-0.2, -0.15) is 19.5 Å². The molecule has 0 aliphatic carbocycles. The molecule has 30 heavy (non-hydrogen) atoms. The van der Waals surface area contributed by atoms with Crippen molar-refractivity contribution in [1.29, 1.82) is 0 Å². The fraction of sp³-hybridized carbons (Fsp3) is 0.300. The molecule has 0 atom stereocenters. The Kier molecular flexibility index (Phi) is 5.23. The van der Waals surface area contributed by atoms with Gasteiger partial charge in [-0.3, -0.25) is 0 Å². The Bertz CT molecular complexity index is 1120. The van der Waals surface area contributed by atoms with Crippen LogP contribution in [0.1, 0.15) is 19.4 Å². The molecule has 3 heterocycles. The van der Waals surface area contributed by atoms with E-state index in [0.717, 1.165) is 12.0 Å². The van der Waals surface area contributed by atoms with E-state index in [2.05, 4.69) is 25.4 Å². The molecule has 10 nitrogen and oxygen atoms in total. The average Bonchev–Trinajstić information content (AvgIpc) is 3.39. The van der Waals surface area contributed by atoms with E-state index in [-0.39, 0.29) is 12.6 Å². The number of hydrogen-bond donors (Lipinski definition) is 3. The van der Waals surface area contributed by atoms with Crippen LogP contribution in [0.15, 0.2) is 47.1 Å². The lowest BCUT2D eigenvalue weighted by molar-refractivity contribution is 0.0412. The van der Waals surface area contributed by atoms with Gasteiger partial charge in [0.2, 0.25) is 17.7 Å². The number of anilines is 2. The number of aliphatic hydroxyl groups is 1. The normalized spacial score (nSPS) is 11.7. The third-order valence-electron chi connectivity index (χ3n) is 4.37. The number of aliphatic hydroxyl groups excluding tert-OH is 1. The summed E-state index contributed by atoms with van der Waals surface area (Å²) < 4.78 is 12.4. The molecule has 10 heteroatoms. The number of nitrogen functional groups attached to an aromatic ring is 1. The molecule has 0 spiro atoms. The number of benzene rings is 1. The number of fused-ring (bicyclic) bond motifs is 1. The molecule has 0 unspecified atom stereocenters. The van der Waals surface area contributed by atoms with E-state index in [4.69, 9.17) is 14.9 Å². The number of rotatable bonds is 8. The summed E-state index contributed by atoms with van der Waals surface area (Å²) in [6, 6.07) is 11.3. The van der Waals surface area contributed by atoms with Crippen LogP contribution < -0.4 is 15.8 Å². The smallest absolute Gasteiger partial charge is 0.259 e. The van der Waals surface area contributed by atoms with Crippen molar-refractivity contribution in [1.82, 2.24) is 24.6 Å². The quantitative estimate of drug-likeness (QED) is 0.400. The molecule has 0 fully saturated rings. The second-order valence-corrected chi connectivity index (χ2v) is 7.37. The van der Waals surface area contributed by atoms with Crippen LogP contribution in [-0.4, -0.2) is 48.4 Å². The molecule has 4 aromatic rings. The monoisotopic (exact) mass is 409 g/mol. The molecule has 0 saturated carbocycles. The second-order valence-electron chi connectivity index (χ2n) is 7.37. The molecule has 3 aromatic heterocycles. The maximum Gasteiger partial charge on any atom is 0.259 e. The fourth-order valence-corrected chi connectivity index (χ4v) is 2.79. The lowest BCUT2D eigenvalue weighted by Gasteiger charge is -2.23. The lowest BCUT2D eigenvalue weighted by Crippen LogP contribution is -2.32. The highest BCUT2D eigenvalue weighted by molar-refractivity contribution is 5.52. The van der Waals surface area contributed by atoms with E-state index in [1.165, 1.54) is 4.52 Å². The first-order valence-electron chi connectivity index (χ1n) is 9.50. The highest BCUT2D eigenvalue weighted by Gasteiger charge is 2.18. The molecule has 0 bridgehead atoms. The molecule has 1 aromatic carbocycles. The molecule has 0 radical (unpaired) electrons. The second kappa shape index (κ2) is 7.99. The highest BCUT2D eigenvalue weighted by Crippen LogP contribution is 2.20. The number of aromatic nitrogens is 5. The van der Waals surface area contributed by atoms with Gasteiger partial charge in [0.05, 0.1) is 12.9 Å². The summed E-state index contributed by atoms with van der Waals surface area (Å²) in [5, 5.41) is 16.7. The minimum atomic E-state index is -0.614. The van der Waals surface area contributed by atoms with Gasteiger partial charge in [-0.25, -0.2) is 0 Å². The van der Waals surface area contributed by atoms with Crippen LogP contribution >= 0.6 is 0 Å². The van der Waals surface area contributed by atoms with Crippen molar-refractivity contribution in [3.63, 3.8) is 0 Å². The Morgan fingerprint density at radius 1 is 1.17 bits per heavy atom. The zero-order valence-corrected chi connectivity index (χ0v) is 16.7. The first-order valence-corrected chi connectivity index (χ1v) is 9.50. The molecule has 156 valence electrons. The number of nitrogens with two attached hydrogens (primary N) is 1. The van der Waals surface area contributed by atoms with E-state index in [9.17, 15) is 5.11 Å². The van der Waals surface area contributed by atoms with Crippen LogP contribution in [0.5, 0.6) is 5.75 Å². The Morgan fingerprint density at radius 2 is 1.97 bits per heavy atom. The Hall–Kier alpha value is -3.66. The number of hydrogen-bond acceptors (Lipinski definition) is 9. The van der Waals surface area contributed by atoms with Gasteiger partial charge >= 0.3 is 0 Å². The first-order chi connectivity index (χ1) is 14.4. The summed E-state index contributed by atoms with van der Waals surface area (Å²) in [6.45, 7) is 4.22. The van der Waals surface area contributed by atoms with Gasteiger partial charge in [-0.15, -0.1) is 5.10 Å². The van der Waals surface area contributed by atoms with E-state index >= 15 is 0 Å². The summed E-state index contributed by atoms with van der Waals surface area (Å²) in [5.74, 6) is 2.54. The average molecular weight is 409 g/mol. The van der Waals surface area contributed by atoms with Crippen LogP contribution in [0.3, 0.4) is 0 Å². The van der Waals surface area contributed by atoms with Gasteiger partial charge < -0.3 is 25.3 Å². The van der Waals surface area contributed by atoms with E-state index in [0.29, 0.717) is 35.6 Å². The molecular weight excluding hydrogens is 386 g/mol. The van der Waals surface area contributed by atoms with Gasteiger partial charge in [0, 0.05) is 6.54 Å². The van der Waals surface area contributed by atoms with E-state index < -0.39 is 5.60 Å². The van der Waals surface area contributed by atoms with Gasteiger partial charge in [-0.05, 0) is 50.1 Å². The number of nitrogens with zero attached hydrogens (tertiary/aromatic N) is 5. The zero-order valence-electron chi connectivity index (χ0n) is 16.7. The number of furan rings is 1. The molecule has 4 N–H and O–H groups in total. The summed E-state index contributed by atoms with van der Waals surface area (Å²) >= 11 is 0. The molecule has 0 aliphatic rings. The number of nitrogens with one attached hydrogen (secondary N) is 1. The van der Waals surface area contributed by atoms with Crippen molar-refractivity contribution in [2.75, 3.05) is 24.2 Å². The lowest BCUT2D eigenvalue weighted by atomic mass is 10.1. The predicted molar refractivity (Wildman–Crippen MR) is 111 cm³/mol. The molecule has 0 amide bonds. The Labute approximate surface area is 172 Å². The Morgan fingerprint density at radius 3 is 2.67 bits per heavy atom. The van der Waals surface area contributed by atoms with Crippen molar-refractivity contribution in [2.24, 2.45) is 0 Å². The third kappa shape index (κ3) is 4.33. The van der Waals surface area contributed by atoms with Crippen LogP contribution in [-0.2, 0) is 6.42 Å². The SMILES string of the molecule is CC(C)(CO)Oc1ccc(CCNc2nc(N)n3nc(-c4ccco4)nc3n2)cc1. The minimum absolute atomic E-state index is 0.0544. The first kappa shape index (κ1) is 19.6. The topological polar surface area (TPSA) is 137 Å². The standard InChI is InChI=1S/C20H23N7O3/c1-20(2,12-28)30-14-7-5-13(6-8-14)9-10-22-18-24-17(21)27-19(25-18)23-16(26-27)15-4-3-11-29-15/h3-8,11,28H,9-10,12H2,1-2H3,(H3,21,22,23,24,25,26). The van der Waals surface area contributed by atoms with Crippen LogP contribution in [0.4, 0.5) is 11.9 Å². The Balaban J connectivity index is 1.39. The maximum absolute atomic E-state index is 9.30. The van der Waals surface area contributed by atoms with Crippen molar-refractivity contribution >= 4 is 17.7 Å². The molecule has 0 saturated heterocycles. The predicted octanol–water partition coefficient (Wildman–Crippen LogP) is 2.17. The fourth-order valence-electron chi connectivity index (χ4n) is 2.79.